The van der Waals surface area contributed by atoms with Crippen LogP contribution in [0.25, 0.3) is 0 Å². The van der Waals surface area contributed by atoms with Crippen LogP contribution in [0.1, 0.15) is 27.2 Å². The van der Waals surface area contributed by atoms with Crippen LogP contribution in [0, 0.1) is 0 Å². The fraction of sp³-hybridized carbons (Fsp3) is 0.267. The first-order chi connectivity index (χ1) is 9.63. The van der Waals surface area contributed by atoms with Gasteiger partial charge in [0.2, 0.25) is 0 Å². The molecule has 3 rings (SSSR count). The van der Waals surface area contributed by atoms with Gasteiger partial charge in [-0.15, -0.1) is 11.3 Å². The van der Waals surface area contributed by atoms with Crippen molar-refractivity contribution in [2.75, 3.05) is 11.4 Å². The summed E-state index contributed by atoms with van der Waals surface area (Å²) in [5.74, 6) is -0.866. The molecule has 0 saturated heterocycles. The SMILES string of the molecule is O=C(O)c1ccc2c(c1)CCCN2Cc1ccc(Cl)s1. The largest absolute Gasteiger partial charge is 0.478 e. The van der Waals surface area contributed by atoms with Crippen molar-refractivity contribution in [3.8, 4) is 0 Å². The van der Waals surface area contributed by atoms with Gasteiger partial charge in [-0.2, -0.15) is 0 Å². The van der Waals surface area contributed by atoms with E-state index in [0.29, 0.717) is 5.56 Å². The molecule has 3 nitrogen and oxygen atoms in total. The number of nitrogens with zero attached hydrogens (tertiary/aromatic N) is 1. The van der Waals surface area contributed by atoms with Gasteiger partial charge in [0.1, 0.15) is 0 Å². The number of rotatable bonds is 3. The highest BCUT2D eigenvalue weighted by Crippen LogP contribution is 2.31. The lowest BCUT2D eigenvalue weighted by Gasteiger charge is -2.31. The topological polar surface area (TPSA) is 40.5 Å². The quantitative estimate of drug-likeness (QED) is 0.930. The van der Waals surface area contributed by atoms with Crippen molar-refractivity contribution >= 4 is 34.6 Å². The highest BCUT2D eigenvalue weighted by Gasteiger charge is 2.19. The molecule has 20 heavy (non-hydrogen) atoms. The zero-order chi connectivity index (χ0) is 14.1. The Kier molecular flexibility index (Phi) is 3.68. The molecule has 104 valence electrons. The number of benzene rings is 1. The average Bonchev–Trinajstić information content (AvgIpc) is 2.84. The summed E-state index contributed by atoms with van der Waals surface area (Å²) >= 11 is 7.56. The van der Waals surface area contributed by atoms with Crippen molar-refractivity contribution in [2.24, 2.45) is 0 Å². The standard InChI is InChI=1S/C15H14ClNO2S/c16-14-6-4-12(20-14)9-17-7-1-2-10-8-11(15(18)19)3-5-13(10)17/h3-6,8H,1-2,7,9H2,(H,18,19). The van der Waals surface area contributed by atoms with E-state index in [0.717, 1.165) is 41.5 Å². The Morgan fingerprint density at radius 2 is 2.20 bits per heavy atom. The monoisotopic (exact) mass is 307 g/mol. The van der Waals surface area contributed by atoms with Gasteiger partial charge in [-0.25, -0.2) is 4.79 Å². The lowest BCUT2D eigenvalue weighted by molar-refractivity contribution is 0.0697. The van der Waals surface area contributed by atoms with Crippen LogP contribution in [0.4, 0.5) is 5.69 Å². The molecule has 0 radical (unpaired) electrons. The van der Waals surface area contributed by atoms with Crippen molar-refractivity contribution in [3.05, 3.63) is 50.7 Å². The van der Waals surface area contributed by atoms with Crippen molar-refractivity contribution in [2.45, 2.75) is 19.4 Å². The maximum Gasteiger partial charge on any atom is 0.335 e. The van der Waals surface area contributed by atoms with E-state index in [1.807, 2.05) is 18.2 Å². The van der Waals surface area contributed by atoms with Crippen LogP contribution in [0.15, 0.2) is 30.3 Å². The smallest absolute Gasteiger partial charge is 0.335 e. The first kappa shape index (κ1) is 13.5. The second-order valence-electron chi connectivity index (χ2n) is 4.88. The third-order valence-corrected chi connectivity index (χ3v) is 4.73. The Bertz CT molecular complexity index is 653. The summed E-state index contributed by atoms with van der Waals surface area (Å²) in [6.07, 6.45) is 1.99. The number of aryl methyl sites for hydroxylation is 1. The molecule has 0 aliphatic carbocycles. The van der Waals surface area contributed by atoms with Crippen LogP contribution in [0.5, 0.6) is 0 Å². The van der Waals surface area contributed by atoms with Gasteiger partial charge in [0, 0.05) is 17.1 Å². The number of hydrogen-bond donors (Lipinski definition) is 1. The summed E-state index contributed by atoms with van der Waals surface area (Å²) in [6.45, 7) is 1.83. The Morgan fingerprint density at radius 3 is 2.90 bits per heavy atom. The van der Waals surface area contributed by atoms with E-state index in [-0.39, 0.29) is 0 Å². The molecule has 1 N–H and O–H groups in total. The first-order valence-electron chi connectivity index (χ1n) is 6.49. The molecule has 0 spiro atoms. The Balaban J connectivity index is 1.88. The summed E-state index contributed by atoms with van der Waals surface area (Å²) < 4.78 is 0.804. The van der Waals surface area contributed by atoms with E-state index in [4.69, 9.17) is 16.7 Å². The average molecular weight is 308 g/mol. The molecule has 0 saturated carbocycles. The second kappa shape index (κ2) is 5.46. The predicted molar refractivity (Wildman–Crippen MR) is 82.1 cm³/mol. The number of aromatic carboxylic acids is 1. The summed E-state index contributed by atoms with van der Waals surface area (Å²) in [5, 5.41) is 9.06. The van der Waals surface area contributed by atoms with Gasteiger partial charge >= 0.3 is 5.97 Å². The minimum absolute atomic E-state index is 0.366. The number of fused-ring (bicyclic) bond motifs is 1. The van der Waals surface area contributed by atoms with Gasteiger partial charge in [-0.3, -0.25) is 0 Å². The van der Waals surface area contributed by atoms with Gasteiger partial charge in [0.25, 0.3) is 0 Å². The number of thiophene rings is 1. The molecule has 1 aromatic carbocycles. The third-order valence-electron chi connectivity index (χ3n) is 3.52. The van der Waals surface area contributed by atoms with Gasteiger partial charge in [0.15, 0.2) is 0 Å². The molecule has 0 fully saturated rings. The molecule has 0 unspecified atom stereocenters. The lowest BCUT2D eigenvalue weighted by Crippen LogP contribution is -2.28. The van der Waals surface area contributed by atoms with Crippen LogP contribution < -0.4 is 4.90 Å². The van der Waals surface area contributed by atoms with Crippen molar-refractivity contribution in [1.29, 1.82) is 0 Å². The third kappa shape index (κ3) is 2.67. The first-order valence-corrected chi connectivity index (χ1v) is 7.68. The molecule has 2 heterocycles. The van der Waals surface area contributed by atoms with Crippen LogP contribution >= 0.6 is 22.9 Å². The lowest BCUT2D eigenvalue weighted by atomic mass is 9.99. The van der Waals surface area contributed by atoms with E-state index in [2.05, 4.69) is 4.90 Å². The summed E-state index contributed by atoms with van der Waals surface area (Å²) in [6, 6.07) is 9.37. The minimum atomic E-state index is -0.866. The number of carboxylic acids is 1. The molecule has 1 aliphatic rings. The molecule has 0 amide bonds. The summed E-state index contributed by atoms with van der Waals surface area (Å²) in [5.41, 5.74) is 2.63. The molecule has 0 atom stereocenters. The van der Waals surface area contributed by atoms with E-state index < -0.39 is 5.97 Å². The number of carbonyl (C=O) groups is 1. The van der Waals surface area contributed by atoms with Crippen molar-refractivity contribution in [1.82, 2.24) is 0 Å². The fourth-order valence-corrected chi connectivity index (χ4v) is 3.70. The molecule has 1 aliphatic heterocycles. The molecule has 1 aromatic heterocycles. The molecule has 5 heteroatoms. The number of halogens is 1. The molecular weight excluding hydrogens is 294 g/mol. The van der Waals surface area contributed by atoms with Crippen LogP contribution in [0.2, 0.25) is 4.34 Å². The van der Waals surface area contributed by atoms with Crippen LogP contribution in [0.3, 0.4) is 0 Å². The zero-order valence-electron chi connectivity index (χ0n) is 10.8. The normalized spacial score (nSPS) is 14.2. The second-order valence-corrected chi connectivity index (χ2v) is 6.68. The Morgan fingerprint density at radius 1 is 1.35 bits per heavy atom. The van der Waals surface area contributed by atoms with Crippen LogP contribution in [-0.2, 0) is 13.0 Å². The highest BCUT2D eigenvalue weighted by atomic mass is 35.5. The maximum atomic E-state index is 11.0. The molecule has 2 aromatic rings. The maximum absolute atomic E-state index is 11.0. The number of anilines is 1. The molecule has 0 bridgehead atoms. The Labute approximate surface area is 126 Å². The van der Waals surface area contributed by atoms with E-state index >= 15 is 0 Å². The zero-order valence-corrected chi connectivity index (χ0v) is 12.4. The van der Waals surface area contributed by atoms with Crippen molar-refractivity contribution in [3.63, 3.8) is 0 Å². The highest BCUT2D eigenvalue weighted by molar-refractivity contribution is 7.16. The van der Waals surface area contributed by atoms with Gasteiger partial charge in [-0.1, -0.05) is 11.6 Å². The number of hydrogen-bond acceptors (Lipinski definition) is 3. The summed E-state index contributed by atoms with van der Waals surface area (Å²) in [7, 11) is 0. The fourth-order valence-electron chi connectivity index (χ4n) is 2.60. The van der Waals surface area contributed by atoms with Gasteiger partial charge in [0.05, 0.1) is 16.4 Å². The van der Waals surface area contributed by atoms with Crippen LogP contribution in [-0.4, -0.2) is 17.6 Å². The van der Waals surface area contributed by atoms with E-state index in [1.165, 1.54) is 4.88 Å². The number of carboxylic acid groups (broad SMARTS) is 1. The van der Waals surface area contributed by atoms with Crippen molar-refractivity contribution < 1.29 is 9.90 Å². The molecular formula is C15H14ClNO2S. The Hall–Kier alpha value is -1.52. The minimum Gasteiger partial charge on any atom is -0.478 e. The van der Waals surface area contributed by atoms with E-state index in [1.54, 1.807) is 23.5 Å². The predicted octanol–water partition coefficient (Wildman–Crippen LogP) is 4.05. The van der Waals surface area contributed by atoms with Gasteiger partial charge < -0.3 is 10.0 Å². The van der Waals surface area contributed by atoms with E-state index in [9.17, 15) is 4.79 Å². The van der Waals surface area contributed by atoms with Gasteiger partial charge in [-0.05, 0) is 48.7 Å². The summed E-state index contributed by atoms with van der Waals surface area (Å²) in [4.78, 5) is 14.6.